The highest BCUT2D eigenvalue weighted by Gasteiger charge is 2.14. The van der Waals surface area contributed by atoms with Crippen molar-refractivity contribution in [2.45, 2.75) is 6.92 Å². The lowest BCUT2D eigenvalue weighted by Gasteiger charge is -2.03. The van der Waals surface area contributed by atoms with E-state index in [-0.39, 0.29) is 5.78 Å². The van der Waals surface area contributed by atoms with Gasteiger partial charge in [0.2, 0.25) is 5.78 Å². The number of halogens is 1. The Labute approximate surface area is 103 Å². The van der Waals surface area contributed by atoms with Crippen LogP contribution in [0.2, 0.25) is 5.02 Å². The van der Waals surface area contributed by atoms with Crippen LogP contribution in [0, 0.1) is 6.92 Å². The summed E-state index contributed by atoms with van der Waals surface area (Å²) in [5, 5.41) is 2.30. The van der Waals surface area contributed by atoms with Gasteiger partial charge in [-0.15, -0.1) is 11.3 Å². The Kier molecular flexibility index (Phi) is 2.99. The molecule has 16 heavy (non-hydrogen) atoms. The normalized spacial score (nSPS) is 10.4. The molecule has 0 radical (unpaired) electrons. The fraction of sp³-hybridized carbons (Fsp3) is 0.0833. The van der Waals surface area contributed by atoms with Gasteiger partial charge in [0.25, 0.3) is 0 Å². The molecule has 0 spiro atoms. The Hall–Kier alpha value is -1.32. The maximum Gasteiger partial charge on any atom is 0.204 e. The molecule has 2 N–H and O–H groups in total. The predicted octanol–water partition coefficient (Wildman–Crippen LogP) is 3.52. The van der Waals surface area contributed by atoms with Gasteiger partial charge in [0.1, 0.15) is 0 Å². The van der Waals surface area contributed by atoms with Crippen molar-refractivity contribution >= 4 is 34.4 Å². The fourth-order valence-electron chi connectivity index (χ4n) is 1.53. The number of carbonyl (C=O) groups is 1. The van der Waals surface area contributed by atoms with Gasteiger partial charge >= 0.3 is 0 Å². The van der Waals surface area contributed by atoms with Crippen molar-refractivity contribution in [3.05, 3.63) is 50.7 Å². The van der Waals surface area contributed by atoms with E-state index in [1.165, 1.54) is 11.3 Å². The van der Waals surface area contributed by atoms with Crippen LogP contribution in [0.5, 0.6) is 0 Å². The van der Waals surface area contributed by atoms with Gasteiger partial charge in [-0.05, 0) is 42.1 Å². The third kappa shape index (κ3) is 2.10. The maximum absolute atomic E-state index is 12.1. The molecule has 1 aromatic carbocycles. The van der Waals surface area contributed by atoms with Crippen LogP contribution < -0.4 is 5.73 Å². The SMILES string of the molecule is Cc1cc(N)cc(C(=O)c2sccc2Cl)c1. The van der Waals surface area contributed by atoms with Crippen molar-refractivity contribution in [1.82, 2.24) is 0 Å². The Morgan fingerprint density at radius 1 is 1.38 bits per heavy atom. The number of aryl methyl sites for hydroxylation is 1. The number of anilines is 1. The average molecular weight is 252 g/mol. The zero-order valence-corrected chi connectivity index (χ0v) is 10.2. The lowest BCUT2D eigenvalue weighted by Crippen LogP contribution is -2.01. The second-order valence-electron chi connectivity index (χ2n) is 3.56. The molecule has 0 aliphatic rings. The molecular formula is C12H10ClNOS. The first-order valence-electron chi connectivity index (χ1n) is 4.73. The number of carbonyl (C=O) groups excluding carboxylic acids is 1. The van der Waals surface area contributed by atoms with E-state index in [1.54, 1.807) is 17.5 Å². The van der Waals surface area contributed by atoms with Crippen molar-refractivity contribution in [1.29, 1.82) is 0 Å². The quantitative estimate of drug-likeness (QED) is 0.656. The topological polar surface area (TPSA) is 43.1 Å². The molecule has 0 bridgehead atoms. The highest BCUT2D eigenvalue weighted by molar-refractivity contribution is 7.13. The first-order chi connectivity index (χ1) is 7.58. The average Bonchev–Trinajstić information content (AvgIpc) is 2.62. The van der Waals surface area contributed by atoms with E-state index in [4.69, 9.17) is 17.3 Å². The molecule has 0 amide bonds. The molecule has 0 unspecified atom stereocenters. The number of nitrogens with two attached hydrogens (primary N) is 1. The minimum absolute atomic E-state index is 0.0737. The van der Waals surface area contributed by atoms with Gasteiger partial charge < -0.3 is 5.73 Å². The van der Waals surface area contributed by atoms with Crippen LogP contribution in [0.1, 0.15) is 20.8 Å². The van der Waals surface area contributed by atoms with Crippen LogP contribution in [-0.4, -0.2) is 5.78 Å². The number of benzene rings is 1. The Morgan fingerprint density at radius 3 is 2.69 bits per heavy atom. The number of rotatable bonds is 2. The first-order valence-corrected chi connectivity index (χ1v) is 5.98. The largest absolute Gasteiger partial charge is 0.399 e. The van der Waals surface area contributed by atoms with Crippen molar-refractivity contribution in [2.75, 3.05) is 5.73 Å². The molecule has 0 aliphatic heterocycles. The first kappa shape index (κ1) is 11.2. The molecule has 2 aromatic rings. The number of ketones is 1. The summed E-state index contributed by atoms with van der Waals surface area (Å²) in [7, 11) is 0. The zero-order valence-electron chi connectivity index (χ0n) is 8.66. The van der Waals surface area contributed by atoms with E-state index in [1.807, 2.05) is 19.1 Å². The molecule has 1 aromatic heterocycles. The molecular weight excluding hydrogens is 242 g/mol. The summed E-state index contributed by atoms with van der Waals surface area (Å²) in [6.07, 6.45) is 0. The summed E-state index contributed by atoms with van der Waals surface area (Å²) >= 11 is 7.26. The summed E-state index contributed by atoms with van der Waals surface area (Å²) in [6.45, 7) is 1.91. The second kappa shape index (κ2) is 4.28. The van der Waals surface area contributed by atoms with E-state index >= 15 is 0 Å². The third-order valence-electron chi connectivity index (χ3n) is 2.19. The van der Waals surface area contributed by atoms with E-state index in [0.29, 0.717) is 21.2 Å². The molecule has 2 nitrogen and oxygen atoms in total. The Bertz CT molecular complexity index is 527. The minimum Gasteiger partial charge on any atom is -0.399 e. The summed E-state index contributed by atoms with van der Waals surface area (Å²) in [6, 6.07) is 7.03. The summed E-state index contributed by atoms with van der Waals surface area (Å²) in [5.41, 5.74) is 7.85. The molecule has 0 saturated carbocycles. The second-order valence-corrected chi connectivity index (χ2v) is 4.88. The van der Waals surface area contributed by atoms with E-state index in [2.05, 4.69) is 0 Å². The van der Waals surface area contributed by atoms with Gasteiger partial charge in [0.05, 0.1) is 9.90 Å². The van der Waals surface area contributed by atoms with Crippen molar-refractivity contribution in [3.8, 4) is 0 Å². The van der Waals surface area contributed by atoms with Crippen molar-refractivity contribution < 1.29 is 4.79 Å². The Morgan fingerprint density at radius 2 is 2.12 bits per heavy atom. The Balaban J connectivity index is 2.45. The van der Waals surface area contributed by atoms with Crippen LogP contribution in [0.25, 0.3) is 0 Å². The number of nitrogen functional groups attached to an aromatic ring is 1. The van der Waals surface area contributed by atoms with Crippen LogP contribution in [-0.2, 0) is 0 Å². The third-order valence-corrected chi connectivity index (χ3v) is 3.53. The summed E-state index contributed by atoms with van der Waals surface area (Å²) in [4.78, 5) is 12.7. The monoisotopic (exact) mass is 251 g/mol. The fourth-order valence-corrected chi connectivity index (χ4v) is 2.63. The lowest BCUT2D eigenvalue weighted by molar-refractivity contribution is 0.104. The lowest BCUT2D eigenvalue weighted by atomic mass is 10.1. The zero-order chi connectivity index (χ0) is 11.7. The standard InChI is InChI=1S/C12H10ClNOS/c1-7-4-8(6-9(14)5-7)11(15)12-10(13)2-3-16-12/h2-6H,14H2,1H3. The molecule has 4 heteroatoms. The number of hydrogen-bond donors (Lipinski definition) is 1. The maximum atomic E-state index is 12.1. The van der Waals surface area contributed by atoms with Crippen LogP contribution in [0.3, 0.4) is 0 Å². The highest BCUT2D eigenvalue weighted by Crippen LogP contribution is 2.26. The van der Waals surface area contributed by atoms with Gasteiger partial charge in [-0.1, -0.05) is 11.6 Å². The molecule has 0 saturated heterocycles. The molecule has 2 rings (SSSR count). The van der Waals surface area contributed by atoms with Crippen LogP contribution in [0.4, 0.5) is 5.69 Å². The van der Waals surface area contributed by atoms with Gasteiger partial charge in [0.15, 0.2) is 0 Å². The molecule has 0 aliphatic carbocycles. The number of hydrogen-bond acceptors (Lipinski definition) is 3. The number of thiophene rings is 1. The van der Waals surface area contributed by atoms with Crippen molar-refractivity contribution in [3.63, 3.8) is 0 Å². The van der Waals surface area contributed by atoms with Crippen molar-refractivity contribution in [2.24, 2.45) is 0 Å². The smallest absolute Gasteiger partial charge is 0.204 e. The van der Waals surface area contributed by atoms with Gasteiger partial charge in [-0.25, -0.2) is 0 Å². The van der Waals surface area contributed by atoms with E-state index in [9.17, 15) is 4.79 Å². The minimum atomic E-state index is -0.0737. The van der Waals surface area contributed by atoms with Crippen LogP contribution >= 0.6 is 22.9 Å². The van der Waals surface area contributed by atoms with E-state index in [0.717, 1.165) is 5.56 Å². The molecule has 0 fully saturated rings. The van der Waals surface area contributed by atoms with Crippen LogP contribution in [0.15, 0.2) is 29.6 Å². The molecule has 82 valence electrons. The van der Waals surface area contributed by atoms with Gasteiger partial charge in [-0.3, -0.25) is 4.79 Å². The van der Waals surface area contributed by atoms with Gasteiger partial charge in [-0.2, -0.15) is 0 Å². The summed E-state index contributed by atoms with van der Waals surface area (Å²) in [5.74, 6) is -0.0737. The molecule has 0 atom stereocenters. The van der Waals surface area contributed by atoms with Gasteiger partial charge in [0, 0.05) is 11.3 Å². The highest BCUT2D eigenvalue weighted by atomic mass is 35.5. The van der Waals surface area contributed by atoms with E-state index < -0.39 is 0 Å². The summed E-state index contributed by atoms with van der Waals surface area (Å²) < 4.78 is 0. The molecule has 1 heterocycles. The predicted molar refractivity (Wildman–Crippen MR) is 68.4 cm³/mol.